The summed E-state index contributed by atoms with van der Waals surface area (Å²) in [5, 5.41) is 4.50. The molecule has 1 aliphatic rings. The van der Waals surface area contributed by atoms with Crippen LogP contribution in [-0.4, -0.2) is 40.4 Å². The third-order valence-electron chi connectivity index (χ3n) is 4.96. The summed E-state index contributed by atoms with van der Waals surface area (Å²) in [5.41, 5.74) is 2.83. The molecule has 0 unspecified atom stereocenters. The highest BCUT2D eigenvalue weighted by Crippen LogP contribution is 2.31. The molecular formula is C23H25N3O4. The lowest BCUT2D eigenvalue weighted by Gasteiger charge is -2.24. The van der Waals surface area contributed by atoms with Crippen LogP contribution in [0.4, 0.5) is 0 Å². The first-order chi connectivity index (χ1) is 14.6. The molecule has 156 valence electrons. The maximum atomic E-state index is 13.0. The maximum absolute atomic E-state index is 13.0. The summed E-state index contributed by atoms with van der Waals surface area (Å²) in [6.45, 7) is 3.84. The lowest BCUT2D eigenvalue weighted by Crippen LogP contribution is -2.34. The molecule has 30 heavy (non-hydrogen) atoms. The van der Waals surface area contributed by atoms with E-state index in [1.165, 1.54) is 0 Å². The molecule has 0 fully saturated rings. The Morgan fingerprint density at radius 1 is 1.07 bits per heavy atom. The number of carbonyl (C=O) groups excluding carboxylic acids is 1. The molecule has 3 aromatic rings. The Morgan fingerprint density at radius 3 is 2.57 bits per heavy atom. The number of aromatic nitrogens is 2. The Hall–Kier alpha value is -3.48. The van der Waals surface area contributed by atoms with E-state index in [2.05, 4.69) is 5.10 Å². The zero-order chi connectivity index (χ0) is 20.9. The molecule has 0 aliphatic carbocycles. The Kier molecular flexibility index (Phi) is 5.88. The van der Waals surface area contributed by atoms with Crippen LogP contribution in [-0.2, 0) is 24.9 Å². The van der Waals surface area contributed by atoms with Crippen molar-refractivity contribution in [3.63, 3.8) is 0 Å². The summed E-state index contributed by atoms with van der Waals surface area (Å²) in [6, 6.07) is 17.1. The number of amides is 1. The van der Waals surface area contributed by atoms with Crippen LogP contribution in [0.3, 0.4) is 0 Å². The molecule has 4 rings (SSSR count). The number of fused-ring (bicyclic) bond motifs is 1. The first kappa shape index (κ1) is 19.8. The van der Waals surface area contributed by atoms with Crippen molar-refractivity contribution in [1.82, 2.24) is 14.7 Å². The first-order valence-electron chi connectivity index (χ1n) is 9.92. The molecule has 7 nitrogen and oxygen atoms in total. The van der Waals surface area contributed by atoms with Crippen molar-refractivity contribution in [2.45, 2.75) is 20.0 Å². The van der Waals surface area contributed by atoms with E-state index in [9.17, 15) is 4.79 Å². The van der Waals surface area contributed by atoms with Crippen LogP contribution in [0.25, 0.3) is 0 Å². The van der Waals surface area contributed by atoms with Crippen molar-refractivity contribution in [3.05, 3.63) is 71.5 Å². The summed E-state index contributed by atoms with van der Waals surface area (Å²) < 4.78 is 18.8. The molecule has 0 saturated carbocycles. The molecule has 0 radical (unpaired) electrons. The van der Waals surface area contributed by atoms with Gasteiger partial charge < -0.3 is 19.1 Å². The monoisotopic (exact) mass is 407 g/mol. The second-order valence-electron chi connectivity index (χ2n) is 7.23. The van der Waals surface area contributed by atoms with Gasteiger partial charge in [0.15, 0.2) is 18.1 Å². The average molecular weight is 407 g/mol. The predicted octanol–water partition coefficient (Wildman–Crippen LogP) is 3.11. The zero-order valence-electron chi connectivity index (χ0n) is 17.2. The lowest BCUT2D eigenvalue weighted by molar-refractivity contribution is -0.134. The van der Waals surface area contributed by atoms with E-state index in [4.69, 9.17) is 14.2 Å². The SMILES string of the molecule is Cc1cc(CN(Cc2ccc3c(c2)OCCO3)C(=O)COc2ccccc2)nn1C. The Labute approximate surface area is 175 Å². The number of aryl methyl sites for hydroxylation is 2. The van der Waals surface area contributed by atoms with Crippen LogP contribution in [0.15, 0.2) is 54.6 Å². The molecule has 1 aromatic heterocycles. The van der Waals surface area contributed by atoms with Crippen LogP contribution in [0.2, 0.25) is 0 Å². The average Bonchev–Trinajstić information content (AvgIpc) is 3.09. The summed E-state index contributed by atoms with van der Waals surface area (Å²) in [6.07, 6.45) is 0. The van der Waals surface area contributed by atoms with Gasteiger partial charge in [0.05, 0.1) is 12.2 Å². The molecule has 0 bridgehead atoms. The minimum atomic E-state index is -0.114. The number of rotatable bonds is 7. The van der Waals surface area contributed by atoms with Gasteiger partial charge in [0.2, 0.25) is 0 Å². The molecule has 0 atom stereocenters. The smallest absolute Gasteiger partial charge is 0.261 e. The van der Waals surface area contributed by atoms with Crippen molar-refractivity contribution >= 4 is 5.91 Å². The number of nitrogens with zero attached hydrogens (tertiary/aromatic N) is 3. The van der Waals surface area contributed by atoms with Gasteiger partial charge >= 0.3 is 0 Å². The molecule has 1 aliphatic heterocycles. The Morgan fingerprint density at radius 2 is 1.83 bits per heavy atom. The van der Waals surface area contributed by atoms with Crippen LogP contribution in [0, 0.1) is 6.92 Å². The minimum Gasteiger partial charge on any atom is -0.486 e. The number of carbonyl (C=O) groups is 1. The quantitative estimate of drug-likeness (QED) is 0.602. The summed E-state index contributed by atoms with van der Waals surface area (Å²) in [7, 11) is 1.89. The predicted molar refractivity (Wildman–Crippen MR) is 112 cm³/mol. The van der Waals surface area contributed by atoms with Crippen LogP contribution in [0.5, 0.6) is 17.2 Å². The highest BCUT2D eigenvalue weighted by Gasteiger charge is 2.19. The van der Waals surface area contributed by atoms with E-state index >= 15 is 0 Å². The van der Waals surface area contributed by atoms with Gasteiger partial charge in [-0.05, 0) is 42.8 Å². The van der Waals surface area contributed by atoms with Gasteiger partial charge in [0.1, 0.15) is 19.0 Å². The fraction of sp³-hybridized carbons (Fsp3) is 0.304. The topological polar surface area (TPSA) is 65.8 Å². The van der Waals surface area contributed by atoms with Crippen molar-refractivity contribution in [2.75, 3.05) is 19.8 Å². The van der Waals surface area contributed by atoms with Crippen LogP contribution >= 0.6 is 0 Å². The van der Waals surface area contributed by atoms with E-state index < -0.39 is 0 Å². The molecule has 0 saturated heterocycles. The Balaban J connectivity index is 1.50. The van der Waals surface area contributed by atoms with E-state index in [1.54, 1.807) is 4.90 Å². The van der Waals surface area contributed by atoms with Crippen LogP contribution in [0.1, 0.15) is 17.0 Å². The highest BCUT2D eigenvalue weighted by atomic mass is 16.6. The second-order valence-corrected chi connectivity index (χ2v) is 7.23. The highest BCUT2D eigenvalue weighted by molar-refractivity contribution is 5.77. The molecule has 7 heteroatoms. The molecule has 2 aromatic carbocycles. The third kappa shape index (κ3) is 4.74. The minimum absolute atomic E-state index is 0.0413. The molecule has 0 spiro atoms. The van der Waals surface area contributed by atoms with Gasteiger partial charge in [0.25, 0.3) is 5.91 Å². The largest absolute Gasteiger partial charge is 0.486 e. The van der Waals surface area contributed by atoms with E-state index in [0.29, 0.717) is 37.8 Å². The van der Waals surface area contributed by atoms with Gasteiger partial charge in [-0.15, -0.1) is 0 Å². The van der Waals surface area contributed by atoms with Gasteiger partial charge in [-0.1, -0.05) is 24.3 Å². The van der Waals surface area contributed by atoms with E-state index in [-0.39, 0.29) is 12.5 Å². The zero-order valence-corrected chi connectivity index (χ0v) is 17.2. The van der Waals surface area contributed by atoms with Crippen molar-refractivity contribution in [1.29, 1.82) is 0 Å². The summed E-state index contributed by atoms with van der Waals surface area (Å²) >= 11 is 0. The van der Waals surface area contributed by atoms with E-state index in [1.807, 2.05) is 73.3 Å². The van der Waals surface area contributed by atoms with Crippen molar-refractivity contribution < 1.29 is 19.0 Å². The molecular weight excluding hydrogens is 382 g/mol. The normalized spacial score (nSPS) is 12.5. The second kappa shape index (κ2) is 8.90. The fourth-order valence-electron chi connectivity index (χ4n) is 3.30. The molecule has 0 N–H and O–H groups in total. The number of ether oxygens (including phenoxy) is 3. The summed E-state index contributed by atoms with van der Waals surface area (Å²) in [4.78, 5) is 14.8. The van der Waals surface area contributed by atoms with Gasteiger partial charge in [-0.25, -0.2) is 0 Å². The van der Waals surface area contributed by atoms with Gasteiger partial charge in [-0.3, -0.25) is 9.48 Å². The van der Waals surface area contributed by atoms with Crippen LogP contribution < -0.4 is 14.2 Å². The van der Waals surface area contributed by atoms with Gasteiger partial charge in [0, 0.05) is 19.3 Å². The third-order valence-corrected chi connectivity index (χ3v) is 4.96. The van der Waals surface area contributed by atoms with Crippen molar-refractivity contribution in [2.24, 2.45) is 7.05 Å². The lowest BCUT2D eigenvalue weighted by atomic mass is 10.1. The number of hydrogen-bond acceptors (Lipinski definition) is 5. The molecule has 2 heterocycles. The summed E-state index contributed by atoms with van der Waals surface area (Å²) in [5.74, 6) is 1.99. The molecule has 1 amide bonds. The fourth-order valence-corrected chi connectivity index (χ4v) is 3.30. The van der Waals surface area contributed by atoms with Crippen molar-refractivity contribution in [3.8, 4) is 17.2 Å². The van der Waals surface area contributed by atoms with Gasteiger partial charge in [-0.2, -0.15) is 5.10 Å². The standard InChI is InChI=1S/C23H25N3O4/c1-17-12-19(24-25(17)2)15-26(23(27)16-30-20-6-4-3-5-7-20)14-18-8-9-21-22(13-18)29-11-10-28-21/h3-9,12-13H,10-11,14-16H2,1-2H3. The maximum Gasteiger partial charge on any atom is 0.261 e. The first-order valence-corrected chi connectivity index (χ1v) is 9.92. The number of para-hydroxylation sites is 1. The number of benzene rings is 2. The van der Waals surface area contributed by atoms with E-state index in [0.717, 1.165) is 22.7 Å². The Bertz CT molecular complexity index is 997. The number of hydrogen-bond donors (Lipinski definition) is 0.